The number of aromatic hydroxyl groups is 2. The van der Waals surface area contributed by atoms with Crippen LogP contribution in [0.5, 0.6) is 11.5 Å². The number of phenols is 2. The van der Waals surface area contributed by atoms with Gasteiger partial charge in [0, 0.05) is 0 Å². The number of hydrogen-bond acceptors (Lipinski definition) is 2. The second kappa shape index (κ2) is 5.27. The lowest BCUT2D eigenvalue weighted by Crippen LogP contribution is -2.24. The van der Waals surface area contributed by atoms with Crippen LogP contribution in [0.25, 0.3) is 0 Å². The van der Waals surface area contributed by atoms with Crippen molar-refractivity contribution in [3.63, 3.8) is 0 Å². The fraction of sp³-hybridized carbons (Fsp3) is 0.333. The lowest BCUT2D eigenvalue weighted by Gasteiger charge is -2.29. The molecule has 1 aliphatic carbocycles. The van der Waals surface area contributed by atoms with E-state index in [4.69, 9.17) is 11.6 Å². The summed E-state index contributed by atoms with van der Waals surface area (Å²) in [4.78, 5) is 0. The smallest absolute Gasteiger partial charge is 0.134 e. The first kappa shape index (κ1) is 14.3. The highest BCUT2D eigenvalue weighted by Gasteiger charge is 2.30. The number of hydrogen-bond donors (Lipinski definition) is 2. The average Bonchev–Trinajstić information content (AvgIpc) is 2.61. The molecule has 0 aliphatic heterocycles. The van der Waals surface area contributed by atoms with Gasteiger partial charge in [0.2, 0.25) is 0 Å². The number of fused-ring (bicyclic) bond motifs is 1. The molecule has 0 aromatic heterocycles. The second-order valence-corrected chi connectivity index (χ2v) is 6.62. The summed E-state index contributed by atoms with van der Waals surface area (Å²) in [6.45, 7) is 2.25. The van der Waals surface area contributed by atoms with E-state index in [1.807, 2.05) is 24.3 Å². The lowest BCUT2D eigenvalue weighted by molar-refractivity contribution is 0.427. The zero-order valence-corrected chi connectivity index (χ0v) is 12.8. The van der Waals surface area contributed by atoms with Crippen LogP contribution in [0.3, 0.4) is 0 Å². The van der Waals surface area contributed by atoms with Crippen molar-refractivity contribution < 1.29 is 10.2 Å². The highest BCUT2D eigenvalue weighted by atomic mass is 35.5. The van der Waals surface area contributed by atoms with Crippen LogP contribution in [0.2, 0.25) is 5.02 Å². The van der Waals surface area contributed by atoms with E-state index in [1.54, 1.807) is 12.1 Å². The molecule has 0 fully saturated rings. The van der Waals surface area contributed by atoms with Crippen LogP contribution in [-0.4, -0.2) is 10.2 Å². The highest BCUT2D eigenvalue weighted by Crippen LogP contribution is 2.40. The maximum absolute atomic E-state index is 9.65. The van der Waals surface area contributed by atoms with Crippen LogP contribution >= 0.6 is 11.6 Å². The Morgan fingerprint density at radius 1 is 1.05 bits per heavy atom. The molecule has 2 aromatic carbocycles. The van der Waals surface area contributed by atoms with E-state index in [9.17, 15) is 10.2 Å². The van der Waals surface area contributed by atoms with Gasteiger partial charge in [0.25, 0.3) is 0 Å². The summed E-state index contributed by atoms with van der Waals surface area (Å²) in [7, 11) is 0. The van der Waals surface area contributed by atoms with E-state index in [-0.39, 0.29) is 11.2 Å². The fourth-order valence-corrected chi connectivity index (χ4v) is 3.50. The van der Waals surface area contributed by atoms with Crippen LogP contribution in [-0.2, 0) is 18.3 Å². The molecule has 110 valence electrons. The van der Waals surface area contributed by atoms with Crippen molar-refractivity contribution in [2.75, 3.05) is 0 Å². The van der Waals surface area contributed by atoms with Crippen LogP contribution in [0.4, 0.5) is 0 Å². The van der Waals surface area contributed by atoms with Crippen LogP contribution in [0.1, 0.15) is 36.5 Å². The lowest BCUT2D eigenvalue weighted by atomic mass is 9.75. The molecule has 3 heteroatoms. The fourth-order valence-electron chi connectivity index (χ4n) is 3.32. The molecule has 1 atom stereocenters. The van der Waals surface area contributed by atoms with Gasteiger partial charge in [-0.05, 0) is 72.1 Å². The van der Waals surface area contributed by atoms with Gasteiger partial charge in [0.15, 0.2) is 0 Å². The summed E-state index contributed by atoms with van der Waals surface area (Å²) >= 11 is 6.07. The molecule has 0 heterocycles. The molecule has 0 amide bonds. The maximum atomic E-state index is 9.65. The van der Waals surface area contributed by atoms with Crippen molar-refractivity contribution in [1.82, 2.24) is 0 Å². The summed E-state index contributed by atoms with van der Waals surface area (Å²) in [5.41, 5.74) is 3.69. The van der Waals surface area contributed by atoms with E-state index in [2.05, 4.69) is 6.92 Å². The molecule has 2 aromatic rings. The Bertz CT molecular complexity index is 681. The van der Waals surface area contributed by atoms with Gasteiger partial charge < -0.3 is 10.2 Å². The third kappa shape index (κ3) is 2.73. The molecular weight excluding hydrogens is 284 g/mol. The topological polar surface area (TPSA) is 40.5 Å². The zero-order valence-electron chi connectivity index (χ0n) is 12.1. The van der Waals surface area contributed by atoms with Crippen molar-refractivity contribution in [3.8, 4) is 11.5 Å². The van der Waals surface area contributed by atoms with Crippen LogP contribution in [0, 0.1) is 0 Å². The Kier molecular flexibility index (Phi) is 3.58. The quantitative estimate of drug-likeness (QED) is 0.757. The Morgan fingerprint density at radius 2 is 1.86 bits per heavy atom. The van der Waals surface area contributed by atoms with E-state index in [1.165, 1.54) is 11.1 Å². The molecule has 0 radical (unpaired) electrons. The van der Waals surface area contributed by atoms with Crippen molar-refractivity contribution in [3.05, 3.63) is 58.1 Å². The number of phenolic OH excluding ortho intramolecular Hbond substituents is 2. The summed E-state index contributed by atoms with van der Waals surface area (Å²) in [5.74, 6) is 0.466. The van der Waals surface area contributed by atoms with Crippen molar-refractivity contribution >= 4 is 11.6 Å². The molecular formula is C18H19ClO2. The Labute approximate surface area is 130 Å². The first-order chi connectivity index (χ1) is 9.98. The molecule has 2 N–H and O–H groups in total. The van der Waals surface area contributed by atoms with Crippen LogP contribution in [0.15, 0.2) is 36.4 Å². The average molecular weight is 303 g/mol. The van der Waals surface area contributed by atoms with Gasteiger partial charge in [0.1, 0.15) is 11.5 Å². The summed E-state index contributed by atoms with van der Waals surface area (Å²) in [6, 6.07) is 11.2. The SMILES string of the molecule is CC1(c2ccc(O)c(Cl)c2)CCCc2cc(O)ccc2C1. The predicted molar refractivity (Wildman–Crippen MR) is 85.2 cm³/mol. The highest BCUT2D eigenvalue weighted by molar-refractivity contribution is 6.32. The molecule has 0 saturated carbocycles. The van der Waals surface area contributed by atoms with Gasteiger partial charge in [-0.3, -0.25) is 0 Å². The molecule has 21 heavy (non-hydrogen) atoms. The predicted octanol–water partition coefficient (Wildman–Crippen LogP) is 4.59. The van der Waals surface area contributed by atoms with Crippen LogP contribution < -0.4 is 0 Å². The van der Waals surface area contributed by atoms with Gasteiger partial charge in [0.05, 0.1) is 5.02 Å². The van der Waals surface area contributed by atoms with Gasteiger partial charge in [-0.25, -0.2) is 0 Å². The largest absolute Gasteiger partial charge is 0.508 e. The first-order valence-electron chi connectivity index (χ1n) is 7.28. The summed E-state index contributed by atoms with van der Waals surface area (Å²) in [6.07, 6.45) is 4.05. The standard InChI is InChI=1S/C18H19ClO2/c1-18(14-5-7-17(21)16(19)10-14)8-2-3-12-9-15(20)6-4-13(12)11-18/h4-7,9-10,20-21H,2-3,8,11H2,1H3. The van der Waals surface area contributed by atoms with E-state index in [0.29, 0.717) is 10.8 Å². The number of halogens is 1. The molecule has 1 aliphatic rings. The summed E-state index contributed by atoms with van der Waals surface area (Å²) < 4.78 is 0. The third-order valence-corrected chi connectivity index (χ3v) is 4.89. The minimum atomic E-state index is -0.000434. The van der Waals surface area contributed by atoms with Gasteiger partial charge in [-0.15, -0.1) is 0 Å². The van der Waals surface area contributed by atoms with Crippen molar-refractivity contribution in [2.45, 2.75) is 38.0 Å². The molecule has 0 saturated heterocycles. The number of rotatable bonds is 1. The number of aryl methyl sites for hydroxylation is 1. The second-order valence-electron chi connectivity index (χ2n) is 6.21. The van der Waals surface area contributed by atoms with E-state index >= 15 is 0 Å². The first-order valence-corrected chi connectivity index (χ1v) is 7.65. The van der Waals surface area contributed by atoms with Gasteiger partial charge >= 0.3 is 0 Å². The number of benzene rings is 2. The minimum absolute atomic E-state index is 0.000434. The van der Waals surface area contributed by atoms with Gasteiger partial charge in [-0.2, -0.15) is 0 Å². The third-order valence-electron chi connectivity index (χ3n) is 4.59. The Hall–Kier alpha value is -1.67. The molecule has 0 bridgehead atoms. The van der Waals surface area contributed by atoms with Gasteiger partial charge in [-0.1, -0.05) is 30.7 Å². The summed E-state index contributed by atoms with van der Waals surface area (Å²) in [5, 5.41) is 19.7. The molecule has 1 unspecified atom stereocenters. The minimum Gasteiger partial charge on any atom is -0.508 e. The van der Waals surface area contributed by atoms with Crippen molar-refractivity contribution in [1.29, 1.82) is 0 Å². The zero-order chi connectivity index (χ0) is 15.0. The molecule has 2 nitrogen and oxygen atoms in total. The maximum Gasteiger partial charge on any atom is 0.134 e. The Balaban J connectivity index is 2.01. The molecule has 3 rings (SSSR count). The van der Waals surface area contributed by atoms with E-state index in [0.717, 1.165) is 31.2 Å². The monoisotopic (exact) mass is 302 g/mol. The van der Waals surface area contributed by atoms with Crippen molar-refractivity contribution in [2.24, 2.45) is 0 Å². The Morgan fingerprint density at radius 3 is 2.62 bits per heavy atom. The molecule has 0 spiro atoms. The normalized spacial score (nSPS) is 21.6. The van der Waals surface area contributed by atoms with E-state index < -0.39 is 0 Å².